The van der Waals surface area contributed by atoms with Gasteiger partial charge in [0.15, 0.2) is 5.96 Å². The number of sulfonamides is 1. The predicted molar refractivity (Wildman–Crippen MR) is 128 cm³/mol. The molecule has 2 rings (SSSR count). The summed E-state index contributed by atoms with van der Waals surface area (Å²) in [4.78, 5) is 5.08. The van der Waals surface area contributed by atoms with E-state index >= 15 is 0 Å². The fourth-order valence-corrected chi connectivity index (χ4v) is 4.51. The molecule has 0 aliphatic rings. The number of primary sulfonamides is 1. The molecule has 28 heavy (non-hydrogen) atoms. The molecular formula is C18H26ClIN4O2S2. The highest BCUT2D eigenvalue weighted by Crippen LogP contribution is 2.23. The number of benzene rings is 1. The molecule has 0 spiro atoms. The van der Waals surface area contributed by atoms with Gasteiger partial charge in [0.2, 0.25) is 10.0 Å². The maximum atomic E-state index is 11.3. The summed E-state index contributed by atoms with van der Waals surface area (Å²) in [5, 5.41) is 12.4. The molecule has 0 fully saturated rings. The number of hydrogen-bond donors (Lipinski definition) is 3. The first-order valence-electron chi connectivity index (χ1n) is 8.39. The van der Waals surface area contributed by atoms with Gasteiger partial charge in [0.05, 0.1) is 6.54 Å². The summed E-state index contributed by atoms with van der Waals surface area (Å²) in [6, 6.07) is 11.1. The molecule has 2 aromatic rings. The van der Waals surface area contributed by atoms with E-state index in [1.54, 1.807) is 13.1 Å². The summed E-state index contributed by atoms with van der Waals surface area (Å²) >= 11 is 7.21. The standard InChI is InChI=1S/C18H25ClN4O2S2.HI/c1-18(2,10-13-5-4-6-14(19)9-13)12-23-17(21-3)22-11-15-7-8-16(26-15)27(20,24)25;/h4-9H,10-12H2,1-3H3,(H2,20,24,25)(H2,21,22,23);1H. The van der Waals surface area contributed by atoms with E-state index in [0.717, 1.165) is 27.7 Å². The number of nitrogens with one attached hydrogen (secondary N) is 2. The second-order valence-corrected chi connectivity index (χ2v) is 10.4. The number of guanidine groups is 1. The highest BCUT2D eigenvalue weighted by atomic mass is 127. The van der Waals surface area contributed by atoms with Gasteiger partial charge >= 0.3 is 0 Å². The Labute approximate surface area is 193 Å². The summed E-state index contributed by atoms with van der Waals surface area (Å²) in [5.74, 6) is 0.653. The van der Waals surface area contributed by atoms with Gasteiger partial charge in [-0.25, -0.2) is 13.6 Å². The van der Waals surface area contributed by atoms with Crippen LogP contribution in [0.1, 0.15) is 24.3 Å². The van der Waals surface area contributed by atoms with Crippen LogP contribution < -0.4 is 15.8 Å². The third-order valence-electron chi connectivity index (χ3n) is 3.88. The van der Waals surface area contributed by atoms with Crippen molar-refractivity contribution in [1.29, 1.82) is 0 Å². The van der Waals surface area contributed by atoms with Gasteiger partial charge in [0.1, 0.15) is 4.21 Å². The van der Waals surface area contributed by atoms with E-state index in [1.165, 1.54) is 11.6 Å². The molecule has 0 radical (unpaired) electrons. The zero-order chi connectivity index (χ0) is 20.1. The van der Waals surface area contributed by atoms with Crippen LogP contribution in [0.2, 0.25) is 5.02 Å². The molecule has 4 N–H and O–H groups in total. The summed E-state index contributed by atoms with van der Waals surface area (Å²) in [5.41, 5.74) is 1.18. The molecule has 0 atom stereocenters. The molecule has 0 saturated heterocycles. The van der Waals surface area contributed by atoms with E-state index < -0.39 is 10.0 Å². The van der Waals surface area contributed by atoms with Crippen molar-refractivity contribution in [3.8, 4) is 0 Å². The molecule has 156 valence electrons. The van der Waals surface area contributed by atoms with Crippen LogP contribution >= 0.6 is 46.9 Å². The SMILES string of the molecule is CN=C(NCc1ccc(S(N)(=O)=O)s1)NCC(C)(C)Cc1cccc(Cl)c1.I. The monoisotopic (exact) mass is 556 g/mol. The molecule has 0 unspecified atom stereocenters. The Kier molecular flexibility index (Phi) is 9.68. The largest absolute Gasteiger partial charge is 0.356 e. The Balaban J connectivity index is 0.00000392. The number of nitrogens with zero attached hydrogens (tertiary/aromatic N) is 1. The van der Waals surface area contributed by atoms with Gasteiger partial charge in [0, 0.05) is 23.5 Å². The van der Waals surface area contributed by atoms with Gasteiger partial charge in [0.25, 0.3) is 0 Å². The maximum Gasteiger partial charge on any atom is 0.247 e. The van der Waals surface area contributed by atoms with Gasteiger partial charge in [-0.15, -0.1) is 35.3 Å². The summed E-state index contributed by atoms with van der Waals surface area (Å²) in [7, 11) is -1.96. The maximum absolute atomic E-state index is 11.3. The zero-order valence-electron chi connectivity index (χ0n) is 16.0. The van der Waals surface area contributed by atoms with Crippen molar-refractivity contribution in [1.82, 2.24) is 10.6 Å². The van der Waals surface area contributed by atoms with Crippen molar-refractivity contribution in [3.63, 3.8) is 0 Å². The average molecular weight is 557 g/mol. The molecule has 1 heterocycles. The van der Waals surface area contributed by atoms with Crippen molar-refractivity contribution >= 4 is 62.9 Å². The Morgan fingerprint density at radius 3 is 2.54 bits per heavy atom. The first-order chi connectivity index (χ1) is 12.6. The van der Waals surface area contributed by atoms with E-state index in [4.69, 9.17) is 16.7 Å². The van der Waals surface area contributed by atoms with Crippen molar-refractivity contribution in [3.05, 3.63) is 51.9 Å². The van der Waals surface area contributed by atoms with Crippen LogP contribution in [0.15, 0.2) is 45.6 Å². The molecule has 10 heteroatoms. The van der Waals surface area contributed by atoms with E-state index in [9.17, 15) is 8.42 Å². The topological polar surface area (TPSA) is 96.6 Å². The molecule has 0 amide bonds. The number of nitrogens with two attached hydrogens (primary N) is 1. The van der Waals surface area contributed by atoms with E-state index in [0.29, 0.717) is 19.0 Å². The molecule has 1 aromatic carbocycles. The summed E-state index contributed by atoms with van der Waals surface area (Å²) in [6.07, 6.45) is 0.875. The third kappa shape index (κ3) is 8.24. The highest BCUT2D eigenvalue weighted by Gasteiger charge is 2.19. The quantitative estimate of drug-likeness (QED) is 0.276. The number of aliphatic imine (C=N–C) groups is 1. The second-order valence-electron chi connectivity index (χ2n) is 7.02. The van der Waals surface area contributed by atoms with Crippen LogP contribution in [-0.2, 0) is 23.0 Å². The lowest BCUT2D eigenvalue weighted by Gasteiger charge is -2.26. The normalized spacial score (nSPS) is 12.4. The first-order valence-corrected chi connectivity index (χ1v) is 11.1. The molecular weight excluding hydrogens is 531 g/mol. The van der Waals surface area contributed by atoms with Crippen molar-refractivity contribution in [2.75, 3.05) is 13.6 Å². The smallest absolute Gasteiger partial charge is 0.247 e. The minimum Gasteiger partial charge on any atom is -0.356 e. The van der Waals surface area contributed by atoms with Crippen LogP contribution in [0.5, 0.6) is 0 Å². The number of rotatable bonds is 7. The van der Waals surface area contributed by atoms with Crippen molar-refractivity contribution in [2.45, 2.75) is 31.0 Å². The van der Waals surface area contributed by atoms with E-state index in [-0.39, 0.29) is 33.6 Å². The molecule has 0 aliphatic heterocycles. The lowest BCUT2D eigenvalue weighted by atomic mass is 9.86. The van der Waals surface area contributed by atoms with E-state index in [1.807, 2.05) is 18.2 Å². The predicted octanol–water partition coefficient (Wildman–Crippen LogP) is 3.60. The third-order valence-corrected chi connectivity index (χ3v) is 6.64. The Bertz CT molecular complexity index is 914. The lowest BCUT2D eigenvalue weighted by molar-refractivity contribution is 0.359. The molecule has 6 nitrogen and oxygen atoms in total. The first kappa shape index (κ1) is 25.2. The van der Waals surface area contributed by atoms with Gasteiger partial charge < -0.3 is 10.6 Å². The van der Waals surface area contributed by atoms with Crippen LogP contribution in [0.3, 0.4) is 0 Å². The average Bonchev–Trinajstić information content (AvgIpc) is 3.04. The second kappa shape index (κ2) is 10.8. The van der Waals surface area contributed by atoms with Crippen molar-refractivity contribution in [2.24, 2.45) is 15.5 Å². The van der Waals surface area contributed by atoms with Gasteiger partial charge in [-0.2, -0.15) is 0 Å². The molecule has 1 aromatic heterocycles. The molecule has 0 aliphatic carbocycles. The van der Waals surface area contributed by atoms with Gasteiger partial charge in [-0.1, -0.05) is 37.6 Å². The van der Waals surface area contributed by atoms with E-state index in [2.05, 4.69) is 35.5 Å². The number of halogens is 2. The van der Waals surface area contributed by atoms with Gasteiger partial charge in [-0.3, -0.25) is 4.99 Å². The minimum absolute atomic E-state index is 0. The number of thiophene rings is 1. The Hall–Kier alpha value is -0.880. The highest BCUT2D eigenvalue weighted by molar-refractivity contribution is 14.0. The molecule has 0 bridgehead atoms. The zero-order valence-corrected chi connectivity index (χ0v) is 20.7. The lowest BCUT2D eigenvalue weighted by Crippen LogP contribution is -2.42. The minimum atomic E-state index is -3.65. The van der Waals surface area contributed by atoms with Crippen LogP contribution in [0.4, 0.5) is 0 Å². The molecule has 0 saturated carbocycles. The Morgan fingerprint density at radius 2 is 1.96 bits per heavy atom. The Morgan fingerprint density at radius 1 is 1.25 bits per heavy atom. The summed E-state index contributed by atoms with van der Waals surface area (Å²) in [6.45, 7) is 5.53. The summed E-state index contributed by atoms with van der Waals surface area (Å²) < 4.78 is 22.9. The van der Waals surface area contributed by atoms with Crippen LogP contribution in [0.25, 0.3) is 0 Å². The fourth-order valence-electron chi connectivity index (χ4n) is 2.58. The van der Waals surface area contributed by atoms with Crippen LogP contribution in [-0.4, -0.2) is 28.0 Å². The van der Waals surface area contributed by atoms with Crippen molar-refractivity contribution < 1.29 is 8.42 Å². The van der Waals surface area contributed by atoms with Gasteiger partial charge in [-0.05, 0) is 41.7 Å². The fraction of sp³-hybridized carbons (Fsp3) is 0.389. The van der Waals surface area contributed by atoms with Crippen LogP contribution in [0, 0.1) is 5.41 Å². The number of hydrogen-bond acceptors (Lipinski definition) is 4.